The van der Waals surface area contributed by atoms with E-state index in [2.05, 4.69) is 42.4 Å². The summed E-state index contributed by atoms with van der Waals surface area (Å²) in [7, 11) is 2.06. The van der Waals surface area contributed by atoms with Crippen molar-refractivity contribution in [2.75, 3.05) is 32.1 Å². The lowest BCUT2D eigenvalue weighted by Crippen LogP contribution is -2.37. The zero-order valence-corrected chi connectivity index (χ0v) is 13.5. The van der Waals surface area contributed by atoms with Gasteiger partial charge in [-0.25, -0.2) is 15.0 Å². The summed E-state index contributed by atoms with van der Waals surface area (Å²) in [5.74, 6) is 2.11. The molecular formula is C14H17N7OS. The maximum absolute atomic E-state index is 5.51. The van der Waals surface area contributed by atoms with Gasteiger partial charge in [0.15, 0.2) is 5.82 Å². The van der Waals surface area contributed by atoms with Gasteiger partial charge in [0.1, 0.15) is 10.7 Å². The first-order chi connectivity index (χ1) is 11.3. The summed E-state index contributed by atoms with van der Waals surface area (Å²) in [6, 6.07) is 2.11. The van der Waals surface area contributed by atoms with Gasteiger partial charge in [-0.1, -0.05) is 0 Å². The standard InChI is InChI=1S/C14H17N7OS/c1-21-3-4-22-8-10(21)12-17-11(19-20-12)7-16-14-15-6-9-2-5-23-13(9)18-14/h2,5-6,10H,3-4,7-8H2,1H3,(H,15,16,18)(H,17,19,20). The molecule has 1 atom stereocenters. The summed E-state index contributed by atoms with van der Waals surface area (Å²) in [6.07, 6.45) is 1.82. The van der Waals surface area contributed by atoms with Crippen molar-refractivity contribution < 1.29 is 4.74 Å². The van der Waals surface area contributed by atoms with E-state index < -0.39 is 0 Å². The summed E-state index contributed by atoms with van der Waals surface area (Å²) in [4.78, 5) is 16.5. The van der Waals surface area contributed by atoms with Crippen molar-refractivity contribution in [2.24, 2.45) is 0 Å². The minimum absolute atomic E-state index is 0.104. The largest absolute Gasteiger partial charge is 0.378 e. The number of nitrogens with one attached hydrogen (secondary N) is 2. The van der Waals surface area contributed by atoms with Crippen LogP contribution in [0.4, 0.5) is 5.95 Å². The highest BCUT2D eigenvalue weighted by Gasteiger charge is 2.25. The molecule has 23 heavy (non-hydrogen) atoms. The number of ether oxygens (including phenoxy) is 1. The second-order valence-electron chi connectivity index (χ2n) is 5.44. The number of fused-ring (bicyclic) bond motifs is 1. The highest BCUT2D eigenvalue weighted by molar-refractivity contribution is 7.16. The number of likely N-dealkylation sites (N-methyl/N-ethyl adjacent to an activating group) is 1. The summed E-state index contributed by atoms with van der Waals surface area (Å²) in [5, 5.41) is 13.5. The predicted octanol–water partition coefficient (Wildman–Crippen LogP) is 1.42. The lowest BCUT2D eigenvalue weighted by molar-refractivity contribution is 0.00194. The number of anilines is 1. The SMILES string of the molecule is CN1CCOCC1c1n[nH]c(CNc2ncc3ccsc3n2)n1. The molecule has 9 heteroatoms. The van der Waals surface area contributed by atoms with Crippen molar-refractivity contribution in [1.29, 1.82) is 0 Å². The number of rotatable bonds is 4. The van der Waals surface area contributed by atoms with Crippen molar-refractivity contribution in [3.8, 4) is 0 Å². The smallest absolute Gasteiger partial charge is 0.224 e. The van der Waals surface area contributed by atoms with Crippen LogP contribution in [0.1, 0.15) is 17.7 Å². The van der Waals surface area contributed by atoms with Gasteiger partial charge in [0.25, 0.3) is 0 Å². The maximum Gasteiger partial charge on any atom is 0.224 e. The normalized spacial score (nSPS) is 19.3. The molecule has 1 saturated heterocycles. The van der Waals surface area contributed by atoms with Crippen LogP contribution >= 0.6 is 11.3 Å². The Labute approximate surface area is 136 Å². The van der Waals surface area contributed by atoms with Crippen LogP contribution in [-0.4, -0.2) is 56.9 Å². The van der Waals surface area contributed by atoms with Gasteiger partial charge < -0.3 is 10.1 Å². The van der Waals surface area contributed by atoms with Crippen molar-refractivity contribution in [3.63, 3.8) is 0 Å². The van der Waals surface area contributed by atoms with Gasteiger partial charge in [-0.05, 0) is 18.5 Å². The van der Waals surface area contributed by atoms with Crippen molar-refractivity contribution in [3.05, 3.63) is 29.3 Å². The third kappa shape index (κ3) is 3.03. The van der Waals surface area contributed by atoms with E-state index in [1.807, 2.05) is 17.6 Å². The van der Waals surface area contributed by atoms with E-state index in [0.717, 1.165) is 35.0 Å². The van der Waals surface area contributed by atoms with Gasteiger partial charge in [-0.3, -0.25) is 10.00 Å². The summed E-state index contributed by atoms with van der Waals surface area (Å²) in [6.45, 7) is 2.77. The molecule has 3 aromatic heterocycles. The van der Waals surface area contributed by atoms with Gasteiger partial charge in [0.05, 0.1) is 25.8 Å². The molecule has 1 fully saturated rings. The third-order valence-electron chi connectivity index (χ3n) is 3.86. The Hall–Kier alpha value is -2.10. The van der Waals surface area contributed by atoms with Crippen LogP contribution in [0.15, 0.2) is 17.6 Å². The van der Waals surface area contributed by atoms with Crippen LogP contribution in [0.5, 0.6) is 0 Å². The minimum Gasteiger partial charge on any atom is -0.378 e. The van der Waals surface area contributed by atoms with E-state index in [4.69, 9.17) is 4.74 Å². The summed E-state index contributed by atoms with van der Waals surface area (Å²) < 4.78 is 5.51. The minimum atomic E-state index is 0.104. The van der Waals surface area contributed by atoms with E-state index in [1.165, 1.54) is 0 Å². The van der Waals surface area contributed by atoms with Crippen LogP contribution < -0.4 is 5.32 Å². The number of aromatic nitrogens is 5. The number of hydrogen-bond acceptors (Lipinski definition) is 8. The first kappa shape index (κ1) is 14.5. The fourth-order valence-corrected chi connectivity index (χ4v) is 3.24. The highest BCUT2D eigenvalue weighted by Crippen LogP contribution is 2.20. The van der Waals surface area contributed by atoms with Crippen LogP contribution in [0.3, 0.4) is 0 Å². The maximum atomic E-state index is 5.51. The average Bonchev–Trinajstić information content (AvgIpc) is 3.22. The Morgan fingerprint density at radius 3 is 3.35 bits per heavy atom. The van der Waals surface area contributed by atoms with E-state index in [1.54, 1.807) is 11.3 Å². The van der Waals surface area contributed by atoms with Crippen molar-refractivity contribution in [1.82, 2.24) is 30.0 Å². The van der Waals surface area contributed by atoms with Crippen LogP contribution in [0.2, 0.25) is 0 Å². The number of H-pyrrole nitrogens is 1. The average molecular weight is 331 g/mol. The molecule has 2 N–H and O–H groups in total. The molecule has 3 aromatic rings. The van der Waals surface area contributed by atoms with Crippen molar-refractivity contribution >= 4 is 27.5 Å². The van der Waals surface area contributed by atoms with Gasteiger partial charge in [-0.15, -0.1) is 11.3 Å². The van der Waals surface area contributed by atoms with E-state index >= 15 is 0 Å². The number of morpholine rings is 1. The number of nitrogens with zero attached hydrogens (tertiary/aromatic N) is 5. The lowest BCUT2D eigenvalue weighted by atomic mass is 10.2. The molecule has 0 amide bonds. The van der Waals surface area contributed by atoms with Crippen LogP contribution in [0.25, 0.3) is 10.2 Å². The molecule has 1 unspecified atom stereocenters. The predicted molar refractivity (Wildman–Crippen MR) is 87.3 cm³/mol. The summed E-state index contributed by atoms with van der Waals surface area (Å²) in [5.41, 5.74) is 0. The zero-order chi connectivity index (χ0) is 15.6. The van der Waals surface area contributed by atoms with Crippen LogP contribution in [-0.2, 0) is 11.3 Å². The first-order valence-corrected chi connectivity index (χ1v) is 8.31. The molecule has 0 bridgehead atoms. The third-order valence-corrected chi connectivity index (χ3v) is 4.69. The molecule has 0 radical (unpaired) electrons. The fourth-order valence-electron chi connectivity index (χ4n) is 2.50. The molecule has 1 aliphatic rings. The highest BCUT2D eigenvalue weighted by atomic mass is 32.1. The Bertz CT molecular complexity index is 801. The Morgan fingerprint density at radius 2 is 2.43 bits per heavy atom. The Morgan fingerprint density at radius 1 is 1.48 bits per heavy atom. The lowest BCUT2D eigenvalue weighted by Gasteiger charge is -2.30. The molecule has 0 aliphatic carbocycles. The monoisotopic (exact) mass is 331 g/mol. The van der Waals surface area contributed by atoms with Gasteiger partial charge in [-0.2, -0.15) is 5.10 Å². The number of aromatic amines is 1. The quantitative estimate of drug-likeness (QED) is 0.747. The fraction of sp³-hybridized carbons (Fsp3) is 0.429. The molecule has 4 rings (SSSR count). The molecule has 0 saturated carbocycles. The van der Waals surface area contributed by atoms with Gasteiger partial charge >= 0.3 is 0 Å². The first-order valence-electron chi connectivity index (χ1n) is 7.43. The number of hydrogen-bond donors (Lipinski definition) is 2. The summed E-state index contributed by atoms with van der Waals surface area (Å²) >= 11 is 1.60. The van der Waals surface area contributed by atoms with Gasteiger partial charge in [0, 0.05) is 18.1 Å². The molecule has 1 aliphatic heterocycles. The Kier molecular flexibility index (Phi) is 3.90. The van der Waals surface area contributed by atoms with Crippen molar-refractivity contribution in [2.45, 2.75) is 12.6 Å². The second kappa shape index (κ2) is 6.19. The Balaban J connectivity index is 1.43. The topological polar surface area (TPSA) is 91.8 Å². The zero-order valence-electron chi connectivity index (χ0n) is 12.7. The molecule has 8 nitrogen and oxygen atoms in total. The van der Waals surface area contributed by atoms with Gasteiger partial charge in [0.2, 0.25) is 5.95 Å². The molecule has 0 spiro atoms. The molecular weight excluding hydrogens is 314 g/mol. The van der Waals surface area contributed by atoms with E-state index in [9.17, 15) is 0 Å². The number of thiophene rings is 1. The molecule has 4 heterocycles. The molecule has 120 valence electrons. The van der Waals surface area contributed by atoms with Crippen LogP contribution in [0, 0.1) is 0 Å². The van der Waals surface area contributed by atoms with E-state index in [0.29, 0.717) is 19.1 Å². The second-order valence-corrected chi connectivity index (χ2v) is 6.33. The molecule has 0 aromatic carbocycles. The van der Waals surface area contributed by atoms with E-state index in [-0.39, 0.29) is 6.04 Å².